The van der Waals surface area contributed by atoms with Crippen molar-refractivity contribution in [1.29, 1.82) is 0 Å². The third kappa shape index (κ3) is 6.00. The fourth-order valence-corrected chi connectivity index (χ4v) is 5.90. The topological polar surface area (TPSA) is 35.6 Å². The van der Waals surface area contributed by atoms with Gasteiger partial charge in [0, 0.05) is 19.1 Å². The number of nitrogens with zero attached hydrogens (tertiary/aromatic N) is 2. The summed E-state index contributed by atoms with van der Waals surface area (Å²) in [5, 5.41) is 3.31. The molecule has 0 radical (unpaired) electrons. The molecular formula is C26H41N3O. The van der Waals surface area contributed by atoms with Gasteiger partial charge < -0.3 is 15.1 Å². The SMILES string of the molecule is O=C(NC1CCCCC1)N1CCC(C(CCN2CCCCC2)c2ccccc2)CC1. The van der Waals surface area contributed by atoms with Crippen molar-refractivity contribution in [2.45, 2.75) is 82.6 Å². The number of rotatable bonds is 6. The zero-order valence-corrected chi connectivity index (χ0v) is 18.7. The van der Waals surface area contributed by atoms with Crippen molar-refractivity contribution in [1.82, 2.24) is 15.1 Å². The molecule has 3 fully saturated rings. The molecule has 1 aromatic rings. The Kier molecular flexibility index (Phi) is 8.08. The number of hydrogen-bond acceptors (Lipinski definition) is 2. The molecule has 0 aromatic heterocycles. The third-order valence-electron chi connectivity index (χ3n) is 7.76. The summed E-state index contributed by atoms with van der Waals surface area (Å²) >= 11 is 0. The van der Waals surface area contributed by atoms with Crippen molar-refractivity contribution in [2.24, 2.45) is 5.92 Å². The van der Waals surface area contributed by atoms with Gasteiger partial charge in [0.15, 0.2) is 0 Å². The van der Waals surface area contributed by atoms with Crippen LogP contribution in [0.5, 0.6) is 0 Å². The van der Waals surface area contributed by atoms with Gasteiger partial charge in [0.05, 0.1) is 0 Å². The molecule has 1 atom stereocenters. The molecule has 4 rings (SSSR count). The number of carbonyl (C=O) groups excluding carboxylic acids is 1. The van der Waals surface area contributed by atoms with Crippen molar-refractivity contribution >= 4 is 6.03 Å². The summed E-state index contributed by atoms with van der Waals surface area (Å²) in [6, 6.07) is 11.7. The van der Waals surface area contributed by atoms with Crippen LogP contribution in [-0.2, 0) is 0 Å². The smallest absolute Gasteiger partial charge is 0.317 e. The maximum atomic E-state index is 12.8. The van der Waals surface area contributed by atoms with Crippen molar-refractivity contribution in [3.05, 3.63) is 35.9 Å². The number of likely N-dealkylation sites (tertiary alicyclic amines) is 2. The quantitative estimate of drug-likeness (QED) is 0.680. The minimum atomic E-state index is 0.185. The van der Waals surface area contributed by atoms with Crippen LogP contribution in [0.15, 0.2) is 30.3 Å². The first-order valence-electron chi connectivity index (χ1n) is 12.6. The summed E-state index contributed by atoms with van der Waals surface area (Å²) in [5.41, 5.74) is 1.50. The average molecular weight is 412 g/mol. The molecule has 0 bridgehead atoms. The number of amides is 2. The molecule has 1 saturated carbocycles. The van der Waals surface area contributed by atoms with Gasteiger partial charge in [-0.1, -0.05) is 56.0 Å². The Hall–Kier alpha value is -1.55. The van der Waals surface area contributed by atoms with Gasteiger partial charge in [-0.25, -0.2) is 4.79 Å². The molecule has 3 aliphatic rings. The predicted molar refractivity (Wildman–Crippen MR) is 124 cm³/mol. The molecule has 0 spiro atoms. The molecule has 1 N–H and O–H groups in total. The van der Waals surface area contributed by atoms with E-state index in [9.17, 15) is 4.79 Å². The maximum absolute atomic E-state index is 12.8. The first-order chi connectivity index (χ1) is 14.8. The van der Waals surface area contributed by atoms with Crippen molar-refractivity contribution in [3.63, 3.8) is 0 Å². The van der Waals surface area contributed by atoms with Crippen LogP contribution < -0.4 is 5.32 Å². The molecule has 30 heavy (non-hydrogen) atoms. The minimum absolute atomic E-state index is 0.185. The molecule has 2 amide bonds. The van der Waals surface area contributed by atoms with Crippen LogP contribution in [0, 0.1) is 5.92 Å². The Morgan fingerprint density at radius 1 is 0.867 bits per heavy atom. The Labute approximate surface area is 183 Å². The van der Waals surface area contributed by atoms with Crippen LogP contribution in [-0.4, -0.2) is 54.6 Å². The van der Waals surface area contributed by atoms with Crippen LogP contribution in [0.1, 0.15) is 82.1 Å². The number of hydrogen-bond donors (Lipinski definition) is 1. The van der Waals surface area contributed by atoms with E-state index >= 15 is 0 Å². The highest BCUT2D eigenvalue weighted by Gasteiger charge is 2.30. The lowest BCUT2D eigenvalue weighted by atomic mass is 9.78. The fourth-order valence-electron chi connectivity index (χ4n) is 5.90. The zero-order chi connectivity index (χ0) is 20.6. The van der Waals surface area contributed by atoms with E-state index in [0.29, 0.717) is 17.9 Å². The first kappa shape index (κ1) is 21.7. The molecule has 1 aromatic carbocycles. The van der Waals surface area contributed by atoms with Crippen molar-refractivity contribution in [2.75, 3.05) is 32.7 Å². The van der Waals surface area contributed by atoms with E-state index in [0.717, 1.165) is 38.8 Å². The second-order valence-corrected chi connectivity index (χ2v) is 9.82. The summed E-state index contributed by atoms with van der Waals surface area (Å²) in [7, 11) is 0. The maximum Gasteiger partial charge on any atom is 0.317 e. The normalized spacial score (nSPS) is 23.3. The van der Waals surface area contributed by atoms with Crippen LogP contribution in [0.3, 0.4) is 0 Å². The summed E-state index contributed by atoms with van der Waals surface area (Å²) < 4.78 is 0. The highest BCUT2D eigenvalue weighted by molar-refractivity contribution is 5.74. The Balaban J connectivity index is 1.31. The van der Waals surface area contributed by atoms with E-state index in [1.54, 1.807) is 0 Å². The monoisotopic (exact) mass is 411 g/mol. The van der Waals surface area contributed by atoms with E-state index in [4.69, 9.17) is 0 Å². The first-order valence-corrected chi connectivity index (χ1v) is 12.6. The van der Waals surface area contributed by atoms with Gasteiger partial charge in [0.25, 0.3) is 0 Å². The predicted octanol–water partition coefficient (Wildman–Crippen LogP) is 5.40. The Morgan fingerprint density at radius 2 is 1.53 bits per heavy atom. The summed E-state index contributed by atoms with van der Waals surface area (Å²) in [6.07, 6.45) is 13.8. The molecule has 1 unspecified atom stereocenters. The molecular weight excluding hydrogens is 370 g/mol. The Morgan fingerprint density at radius 3 is 2.23 bits per heavy atom. The molecule has 166 valence electrons. The number of piperidine rings is 2. The molecule has 4 heteroatoms. The summed E-state index contributed by atoms with van der Waals surface area (Å²) in [4.78, 5) is 17.5. The van der Waals surface area contributed by atoms with Gasteiger partial charge in [0.1, 0.15) is 0 Å². The lowest BCUT2D eigenvalue weighted by molar-refractivity contribution is 0.150. The van der Waals surface area contributed by atoms with E-state index in [1.165, 1.54) is 70.1 Å². The molecule has 2 aliphatic heterocycles. The summed E-state index contributed by atoms with van der Waals surface area (Å²) in [6.45, 7) is 5.61. The van der Waals surface area contributed by atoms with E-state index < -0.39 is 0 Å². The molecule has 2 heterocycles. The lowest BCUT2D eigenvalue weighted by Gasteiger charge is -2.38. The van der Waals surface area contributed by atoms with Gasteiger partial charge in [-0.05, 0) is 82.0 Å². The largest absolute Gasteiger partial charge is 0.335 e. The van der Waals surface area contributed by atoms with Crippen molar-refractivity contribution < 1.29 is 4.79 Å². The average Bonchev–Trinajstić information content (AvgIpc) is 2.82. The number of carbonyl (C=O) groups is 1. The van der Waals surface area contributed by atoms with Crippen LogP contribution in [0.25, 0.3) is 0 Å². The van der Waals surface area contributed by atoms with Gasteiger partial charge >= 0.3 is 6.03 Å². The molecule has 1 aliphatic carbocycles. The van der Waals surface area contributed by atoms with Gasteiger partial charge in [-0.15, -0.1) is 0 Å². The lowest BCUT2D eigenvalue weighted by Crippen LogP contribution is -2.48. The third-order valence-corrected chi connectivity index (χ3v) is 7.76. The fraction of sp³-hybridized carbons (Fsp3) is 0.731. The number of urea groups is 1. The van der Waals surface area contributed by atoms with Gasteiger partial charge in [-0.2, -0.15) is 0 Å². The minimum Gasteiger partial charge on any atom is -0.335 e. The highest BCUT2D eigenvalue weighted by atomic mass is 16.2. The van der Waals surface area contributed by atoms with E-state index in [1.807, 2.05) is 0 Å². The second kappa shape index (κ2) is 11.2. The molecule has 4 nitrogen and oxygen atoms in total. The van der Waals surface area contributed by atoms with E-state index in [-0.39, 0.29) is 6.03 Å². The van der Waals surface area contributed by atoms with Crippen LogP contribution in [0.4, 0.5) is 4.79 Å². The second-order valence-electron chi connectivity index (χ2n) is 9.82. The number of benzene rings is 1. The van der Waals surface area contributed by atoms with Crippen LogP contribution >= 0.6 is 0 Å². The standard InChI is InChI=1S/C26H41N3O/c30-26(27-24-12-6-2-7-13-24)29-20-14-23(15-21-29)25(22-10-4-1-5-11-22)16-19-28-17-8-3-9-18-28/h1,4-5,10-11,23-25H,2-3,6-9,12-21H2,(H,27,30). The van der Waals surface area contributed by atoms with E-state index in [2.05, 4.69) is 45.4 Å². The van der Waals surface area contributed by atoms with Gasteiger partial charge in [0.2, 0.25) is 0 Å². The zero-order valence-electron chi connectivity index (χ0n) is 18.7. The molecule has 2 saturated heterocycles. The van der Waals surface area contributed by atoms with Gasteiger partial charge in [-0.3, -0.25) is 0 Å². The number of nitrogens with one attached hydrogen (secondary N) is 1. The highest BCUT2D eigenvalue weighted by Crippen LogP contribution is 2.35. The summed E-state index contributed by atoms with van der Waals surface area (Å²) in [5.74, 6) is 1.31. The van der Waals surface area contributed by atoms with Crippen LogP contribution in [0.2, 0.25) is 0 Å². The van der Waals surface area contributed by atoms with Crippen molar-refractivity contribution in [3.8, 4) is 0 Å². The Bertz CT molecular complexity index is 629.